The molecular weight excluding hydrogens is 373 g/mol. The molecule has 2 aromatic rings. The molecule has 5 nitrogen and oxygen atoms in total. The number of likely N-dealkylation sites (tertiary alicyclic amines) is 1. The molecule has 0 aromatic heterocycles. The smallest absolute Gasteiger partial charge is 0.328 e. The molecule has 2 aromatic carbocycles. The zero-order valence-corrected chi connectivity index (χ0v) is 15.9. The molecule has 0 saturated carbocycles. The highest BCUT2D eigenvalue weighted by Gasteiger charge is 2.43. The summed E-state index contributed by atoms with van der Waals surface area (Å²) in [6.07, 6.45) is 4.53. The zero-order chi connectivity index (χ0) is 20.4. The summed E-state index contributed by atoms with van der Waals surface area (Å²) in [4.78, 5) is 25.8. The van der Waals surface area contributed by atoms with Gasteiger partial charge < -0.3 is 9.84 Å². The molecular formula is C23H22FNO4. The summed E-state index contributed by atoms with van der Waals surface area (Å²) in [6, 6.07) is 11.7. The third-order valence-corrected chi connectivity index (χ3v) is 5.47. The van der Waals surface area contributed by atoms with Crippen LogP contribution in [0.25, 0.3) is 6.08 Å². The summed E-state index contributed by atoms with van der Waals surface area (Å²) in [5.41, 5.74) is 1.63. The fourth-order valence-corrected chi connectivity index (χ4v) is 4.18. The van der Waals surface area contributed by atoms with E-state index in [4.69, 9.17) is 9.84 Å². The topological polar surface area (TPSA) is 66.8 Å². The molecule has 1 saturated heterocycles. The molecule has 1 fully saturated rings. The Hall–Kier alpha value is -2.99. The first-order valence-electron chi connectivity index (χ1n) is 9.67. The van der Waals surface area contributed by atoms with Crippen molar-refractivity contribution in [3.05, 3.63) is 71.0 Å². The molecule has 0 amide bonds. The second-order valence-corrected chi connectivity index (χ2v) is 7.75. The molecule has 1 spiro atoms. The standard InChI is InChI=1S/C23H22FNO4/c24-18-6-2-17(3-7-18)14-25-11-1-10-23(15-25)13-20(26)19-12-16(5-9-22(27)28)4-8-21(19)29-23/h2-9,12H,1,10-11,13-15H2,(H,27,28)/b9-5+. The Morgan fingerprint density at radius 2 is 2.03 bits per heavy atom. The third-order valence-electron chi connectivity index (χ3n) is 5.47. The average molecular weight is 395 g/mol. The fourth-order valence-electron chi connectivity index (χ4n) is 4.18. The number of hydrogen-bond acceptors (Lipinski definition) is 4. The van der Waals surface area contributed by atoms with Gasteiger partial charge in [0.25, 0.3) is 0 Å². The van der Waals surface area contributed by atoms with Crippen LogP contribution in [0.15, 0.2) is 48.5 Å². The number of Topliss-reactive ketones (excluding diaryl/α,β-unsaturated/α-hetero) is 1. The number of nitrogens with zero attached hydrogens (tertiary/aromatic N) is 1. The van der Waals surface area contributed by atoms with E-state index in [0.717, 1.165) is 31.0 Å². The minimum atomic E-state index is -1.03. The van der Waals surface area contributed by atoms with Gasteiger partial charge in [-0.15, -0.1) is 0 Å². The second kappa shape index (κ2) is 7.79. The Morgan fingerprint density at radius 1 is 1.24 bits per heavy atom. The Labute approximate surface area is 168 Å². The van der Waals surface area contributed by atoms with Crippen molar-refractivity contribution >= 4 is 17.8 Å². The van der Waals surface area contributed by atoms with Crippen LogP contribution in [0.2, 0.25) is 0 Å². The van der Waals surface area contributed by atoms with E-state index in [1.54, 1.807) is 30.3 Å². The molecule has 0 aliphatic carbocycles. The van der Waals surface area contributed by atoms with Crippen molar-refractivity contribution in [3.63, 3.8) is 0 Å². The Balaban J connectivity index is 1.51. The van der Waals surface area contributed by atoms with Crippen molar-refractivity contribution in [1.29, 1.82) is 0 Å². The van der Waals surface area contributed by atoms with Gasteiger partial charge in [-0.1, -0.05) is 18.2 Å². The number of piperidine rings is 1. The number of hydrogen-bond donors (Lipinski definition) is 1. The Kier molecular flexibility index (Phi) is 5.20. The molecule has 4 rings (SSSR count). The Bertz CT molecular complexity index is 969. The summed E-state index contributed by atoms with van der Waals surface area (Å²) in [5.74, 6) is -0.718. The molecule has 1 unspecified atom stereocenters. The first-order chi connectivity index (χ1) is 13.9. The molecule has 6 heteroatoms. The van der Waals surface area contributed by atoms with E-state index in [1.807, 2.05) is 0 Å². The number of benzene rings is 2. The number of fused-ring (bicyclic) bond motifs is 1. The largest absolute Gasteiger partial charge is 0.485 e. The van der Waals surface area contributed by atoms with Crippen molar-refractivity contribution < 1.29 is 23.8 Å². The van der Waals surface area contributed by atoms with Gasteiger partial charge in [0, 0.05) is 19.2 Å². The van der Waals surface area contributed by atoms with Gasteiger partial charge in [0.2, 0.25) is 0 Å². The van der Waals surface area contributed by atoms with Gasteiger partial charge in [-0.25, -0.2) is 9.18 Å². The molecule has 1 N–H and O–H groups in total. The second-order valence-electron chi connectivity index (χ2n) is 7.75. The van der Waals surface area contributed by atoms with Gasteiger partial charge in [-0.2, -0.15) is 0 Å². The van der Waals surface area contributed by atoms with Gasteiger partial charge in [-0.3, -0.25) is 9.69 Å². The minimum Gasteiger partial charge on any atom is -0.485 e. The van der Waals surface area contributed by atoms with Gasteiger partial charge >= 0.3 is 5.97 Å². The summed E-state index contributed by atoms with van der Waals surface area (Å²) >= 11 is 0. The number of carboxylic acids is 1. The van der Waals surface area contributed by atoms with Crippen LogP contribution in [0.4, 0.5) is 4.39 Å². The van der Waals surface area contributed by atoms with Crippen LogP contribution >= 0.6 is 0 Å². The third kappa shape index (κ3) is 4.38. The molecule has 2 aliphatic rings. The van der Waals surface area contributed by atoms with Crippen molar-refractivity contribution in [3.8, 4) is 5.75 Å². The van der Waals surface area contributed by atoms with E-state index >= 15 is 0 Å². The highest BCUT2D eigenvalue weighted by molar-refractivity contribution is 6.01. The van der Waals surface area contributed by atoms with Crippen molar-refractivity contribution in [2.75, 3.05) is 13.1 Å². The maximum Gasteiger partial charge on any atom is 0.328 e. The van der Waals surface area contributed by atoms with Crippen molar-refractivity contribution in [2.45, 2.75) is 31.4 Å². The van der Waals surface area contributed by atoms with Crippen LogP contribution in [-0.2, 0) is 11.3 Å². The Morgan fingerprint density at radius 3 is 2.79 bits per heavy atom. The fraction of sp³-hybridized carbons (Fsp3) is 0.304. The number of aliphatic carboxylic acids is 1. The quantitative estimate of drug-likeness (QED) is 0.795. The molecule has 150 valence electrons. The van der Waals surface area contributed by atoms with Gasteiger partial charge in [0.1, 0.15) is 17.2 Å². The van der Waals surface area contributed by atoms with Crippen molar-refractivity contribution in [1.82, 2.24) is 4.90 Å². The first-order valence-corrected chi connectivity index (χ1v) is 9.67. The van der Waals surface area contributed by atoms with Gasteiger partial charge in [0.15, 0.2) is 5.78 Å². The van der Waals surface area contributed by atoms with Crippen LogP contribution in [-0.4, -0.2) is 40.4 Å². The van der Waals surface area contributed by atoms with E-state index in [1.165, 1.54) is 18.2 Å². The van der Waals surface area contributed by atoms with Crippen LogP contribution in [0.5, 0.6) is 5.75 Å². The van der Waals surface area contributed by atoms with Crippen molar-refractivity contribution in [2.24, 2.45) is 0 Å². The zero-order valence-electron chi connectivity index (χ0n) is 15.9. The minimum absolute atomic E-state index is 0.0143. The maximum atomic E-state index is 13.1. The SMILES string of the molecule is O=C(O)/C=C/c1ccc2c(c1)C(=O)CC1(CCCN(Cc3ccc(F)cc3)C1)O2. The number of carbonyl (C=O) groups excluding carboxylic acids is 1. The maximum absolute atomic E-state index is 13.1. The lowest BCUT2D eigenvalue weighted by molar-refractivity contribution is -0.131. The van der Waals surface area contributed by atoms with E-state index in [-0.39, 0.29) is 11.6 Å². The highest BCUT2D eigenvalue weighted by atomic mass is 19.1. The highest BCUT2D eigenvalue weighted by Crippen LogP contribution is 2.39. The molecule has 1 atom stereocenters. The predicted octanol–water partition coefficient (Wildman–Crippen LogP) is 3.92. The van der Waals surface area contributed by atoms with Crippen LogP contribution in [0.1, 0.15) is 40.7 Å². The van der Waals surface area contributed by atoms with Gasteiger partial charge in [0.05, 0.1) is 12.0 Å². The van der Waals surface area contributed by atoms with Crippen LogP contribution in [0.3, 0.4) is 0 Å². The van der Waals surface area contributed by atoms with E-state index in [2.05, 4.69) is 4.90 Å². The number of carbonyl (C=O) groups is 2. The van der Waals surface area contributed by atoms with Crippen LogP contribution < -0.4 is 4.74 Å². The lowest BCUT2D eigenvalue weighted by Gasteiger charge is -2.45. The first kappa shape index (κ1) is 19.3. The molecule has 29 heavy (non-hydrogen) atoms. The normalized spacial score (nSPS) is 21.9. The van der Waals surface area contributed by atoms with Gasteiger partial charge in [-0.05, 0) is 60.9 Å². The summed E-state index contributed by atoms with van der Waals surface area (Å²) in [6.45, 7) is 2.23. The molecule has 0 bridgehead atoms. The van der Waals surface area contributed by atoms with Crippen LogP contribution in [0, 0.1) is 5.82 Å². The molecule has 2 heterocycles. The summed E-state index contributed by atoms with van der Waals surface area (Å²) in [7, 11) is 0. The van der Waals surface area contributed by atoms with E-state index < -0.39 is 11.6 Å². The number of ether oxygens (including phenoxy) is 1. The number of carboxylic acid groups (broad SMARTS) is 1. The molecule has 0 radical (unpaired) electrons. The monoisotopic (exact) mass is 395 g/mol. The summed E-state index contributed by atoms with van der Waals surface area (Å²) in [5, 5.41) is 8.77. The number of rotatable bonds is 4. The lowest BCUT2D eigenvalue weighted by atomic mass is 9.83. The average Bonchev–Trinajstić information content (AvgIpc) is 2.68. The number of halogens is 1. The summed E-state index contributed by atoms with van der Waals surface area (Å²) < 4.78 is 19.5. The number of ketones is 1. The van der Waals surface area contributed by atoms with E-state index in [0.29, 0.717) is 36.4 Å². The van der Waals surface area contributed by atoms with E-state index in [9.17, 15) is 14.0 Å². The molecule has 2 aliphatic heterocycles. The lowest BCUT2D eigenvalue weighted by Crippen LogP contribution is -2.54. The predicted molar refractivity (Wildman–Crippen MR) is 106 cm³/mol.